The molecule has 0 saturated heterocycles. The zero-order valence-corrected chi connectivity index (χ0v) is 49.5. The van der Waals surface area contributed by atoms with Crippen LogP contribution >= 0.6 is 0 Å². The number of carbonyl (C=O) groups excluding carboxylic acids is 1. The van der Waals surface area contributed by atoms with E-state index in [1.165, 1.54) is 128 Å². The van der Waals surface area contributed by atoms with Crippen molar-refractivity contribution in [1.29, 1.82) is 0 Å². The molecule has 0 aromatic rings. The van der Waals surface area contributed by atoms with Gasteiger partial charge < -0.3 is 15.5 Å². The summed E-state index contributed by atoms with van der Waals surface area (Å²) in [5.74, 6) is -0.108. The number of unbranched alkanes of at least 4 members (excludes halogenated alkanes) is 25. The molecule has 0 aliphatic heterocycles. The molecule has 0 fully saturated rings. The molecule has 4 nitrogen and oxygen atoms in total. The summed E-state index contributed by atoms with van der Waals surface area (Å²) < 4.78 is 0. The number of aliphatic hydroxyl groups excluding tert-OH is 2. The van der Waals surface area contributed by atoms with Gasteiger partial charge in [0.15, 0.2) is 0 Å². The summed E-state index contributed by atoms with van der Waals surface area (Å²) in [6.45, 7) is 4.18. The number of rotatable bonds is 56. The molecule has 0 aromatic carbocycles. The van der Waals surface area contributed by atoms with Gasteiger partial charge in [-0.1, -0.05) is 300 Å². The highest BCUT2D eigenvalue weighted by atomic mass is 16.3. The quantitative estimate of drug-likeness (QED) is 0.0420. The van der Waals surface area contributed by atoms with Gasteiger partial charge in [0.1, 0.15) is 0 Å². The molecule has 0 saturated carbocycles. The normalized spacial score (nSPS) is 13.9. The fourth-order valence-corrected chi connectivity index (χ4v) is 8.71. The van der Waals surface area contributed by atoms with Crippen molar-refractivity contribution in [3.8, 4) is 0 Å². The number of hydrogen-bond donors (Lipinski definition) is 3. The van der Waals surface area contributed by atoms with Gasteiger partial charge in [0.05, 0.1) is 18.8 Å². The van der Waals surface area contributed by atoms with Crippen LogP contribution in [0.25, 0.3) is 0 Å². The number of allylic oxidation sites excluding steroid dienone is 25. The predicted octanol–water partition coefficient (Wildman–Crippen LogP) is 21.7. The molecule has 0 heterocycles. The number of amides is 1. The molecular formula is C72H119NO3. The molecule has 4 heteroatoms. The van der Waals surface area contributed by atoms with Gasteiger partial charge in [-0.3, -0.25) is 4.79 Å². The highest BCUT2D eigenvalue weighted by Gasteiger charge is 2.18. The SMILES string of the molecule is CC/C=C\C/C=C\C/C=C\C/C=C\C/C=C\C/C=C\C/C=C\C/C=C\C/C=C\C/C=C\CCCCCCC(=O)NC(CO)C(O)/C=C/CC/C=C/CC/C=C/CCCCCCCCCCCCCCCCCCCCC. The minimum absolute atomic E-state index is 0.108. The van der Waals surface area contributed by atoms with Crippen molar-refractivity contribution in [2.75, 3.05) is 6.61 Å². The lowest BCUT2D eigenvalue weighted by molar-refractivity contribution is -0.123. The molecule has 0 radical (unpaired) electrons. The monoisotopic (exact) mass is 1050 g/mol. The molecule has 2 atom stereocenters. The van der Waals surface area contributed by atoms with E-state index in [0.29, 0.717) is 6.42 Å². The minimum atomic E-state index is -0.895. The van der Waals surface area contributed by atoms with E-state index in [4.69, 9.17) is 0 Å². The average Bonchev–Trinajstić information content (AvgIpc) is 3.42. The summed E-state index contributed by atoms with van der Waals surface area (Å²) in [5, 5.41) is 23.2. The van der Waals surface area contributed by atoms with Gasteiger partial charge >= 0.3 is 0 Å². The van der Waals surface area contributed by atoms with Gasteiger partial charge in [-0.15, -0.1) is 0 Å². The smallest absolute Gasteiger partial charge is 0.220 e. The maximum atomic E-state index is 12.5. The molecule has 2 unspecified atom stereocenters. The van der Waals surface area contributed by atoms with Crippen molar-refractivity contribution < 1.29 is 15.0 Å². The van der Waals surface area contributed by atoms with E-state index in [1.807, 2.05) is 6.08 Å². The van der Waals surface area contributed by atoms with Gasteiger partial charge in [0, 0.05) is 6.42 Å². The van der Waals surface area contributed by atoms with E-state index in [1.54, 1.807) is 6.08 Å². The molecule has 0 rings (SSSR count). The second kappa shape index (κ2) is 65.3. The van der Waals surface area contributed by atoms with Gasteiger partial charge in [-0.25, -0.2) is 0 Å². The average molecular weight is 1050 g/mol. The van der Waals surface area contributed by atoms with Crippen LogP contribution in [0.15, 0.2) is 158 Å². The highest BCUT2D eigenvalue weighted by molar-refractivity contribution is 5.76. The van der Waals surface area contributed by atoms with Gasteiger partial charge in [-0.05, 0) is 122 Å². The van der Waals surface area contributed by atoms with Crippen LogP contribution in [0.4, 0.5) is 0 Å². The lowest BCUT2D eigenvalue weighted by Crippen LogP contribution is -2.45. The summed E-state index contributed by atoms with van der Waals surface area (Å²) in [5.41, 5.74) is 0. The van der Waals surface area contributed by atoms with Gasteiger partial charge in [-0.2, -0.15) is 0 Å². The topological polar surface area (TPSA) is 69.6 Å². The Labute approximate surface area is 471 Å². The van der Waals surface area contributed by atoms with E-state index in [-0.39, 0.29) is 12.5 Å². The summed E-state index contributed by atoms with van der Waals surface area (Å²) in [7, 11) is 0. The van der Waals surface area contributed by atoms with Crippen molar-refractivity contribution in [3.05, 3.63) is 158 Å². The molecule has 0 aromatic heterocycles. The summed E-state index contributed by atoms with van der Waals surface area (Å²) >= 11 is 0. The van der Waals surface area contributed by atoms with Gasteiger partial charge in [0.25, 0.3) is 0 Å². The maximum Gasteiger partial charge on any atom is 0.220 e. The second-order valence-electron chi connectivity index (χ2n) is 20.7. The Balaban J connectivity index is 3.70. The molecule has 0 aliphatic rings. The van der Waals surface area contributed by atoms with E-state index in [9.17, 15) is 15.0 Å². The second-order valence-corrected chi connectivity index (χ2v) is 20.7. The van der Waals surface area contributed by atoms with Crippen LogP contribution < -0.4 is 5.32 Å². The van der Waals surface area contributed by atoms with Crippen LogP contribution in [-0.2, 0) is 4.79 Å². The Kier molecular flexibility index (Phi) is 61.9. The van der Waals surface area contributed by atoms with Crippen molar-refractivity contribution in [2.45, 2.75) is 283 Å². The first kappa shape index (κ1) is 72.0. The van der Waals surface area contributed by atoms with Crippen LogP contribution in [0, 0.1) is 0 Å². The Bertz CT molecular complexity index is 1610. The van der Waals surface area contributed by atoms with Gasteiger partial charge in [0.2, 0.25) is 5.91 Å². The predicted molar refractivity (Wildman–Crippen MR) is 340 cm³/mol. The minimum Gasteiger partial charge on any atom is -0.394 e. The fraction of sp³-hybridized carbons (Fsp3) is 0.625. The Morgan fingerprint density at radius 1 is 0.329 bits per heavy atom. The maximum absolute atomic E-state index is 12.5. The molecule has 76 heavy (non-hydrogen) atoms. The van der Waals surface area contributed by atoms with Crippen LogP contribution in [0.2, 0.25) is 0 Å². The van der Waals surface area contributed by atoms with E-state index >= 15 is 0 Å². The molecule has 0 aliphatic carbocycles. The molecule has 3 N–H and O–H groups in total. The van der Waals surface area contributed by atoms with E-state index < -0.39 is 12.1 Å². The van der Waals surface area contributed by atoms with Crippen molar-refractivity contribution in [2.24, 2.45) is 0 Å². The molecule has 0 spiro atoms. The van der Waals surface area contributed by atoms with E-state index in [2.05, 4.69) is 165 Å². The van der Waals surface area contributed by atoms with Crippen LogP contribution in [0.1, 0.15) is 271 Å². The van der Waals surface area contributed by atoms with Crippen LogP contribution in [-0.4, -0.2) is 34.9 Å². The number of hydrogen-bond acceptors (Lipinski definition) is 3. The third-order valence-electron chi connectivity index (χ3n) is 13.5. The third kappa shape index (κ3) is 60.9. The standard InChI is InChI=1S/C72H119NO3/c1-3-5-7-9-11-13-15-17-19-21-23-25-27-29-31-33-34-35-36-37-38-40-42-44-46-48-50-52-54-56-58-60-62-64-66-68-72(76)73-70(69-74)71(75)67-65-63-61-59-57-55-53-51-49-47-45-43-41-39-32-30-28-26-24-22-20-18-16-14-12-10-8-6-4-2/h5,7,11,13,17,19,23,25,29,31,34-35,37-38,42,44,48-51,54,56-57,59,65,67,70-71,74-75H,3-4,6,8-10,12,14-16,18,20-22,24,26-28,30,32-33,36,39-41,43,45-47,52-53,55,58,60-64,66,68-69H2,1-2H3,(H,73,76)/b7-5-,13-11-,19-17-,25-23-,31-29-,35-34-,38-37-,44-42-,50-48-,51-49+,56-54-,59-57+,67-65+. The highest BCUT2D eigenvalue weighted by Crippen LogP contribution is 2.16. The van der Waals surface area contributed by atoms with Crippen molar-refractivity contribution >= 4 is 5.91 Å². The molecular weight excluding hydrogens is 927 g/mol. The Morgan fingerprint density at radius 2 is 0.592 bits per heavy atom. The third-order valence-corrected chi connectivity index (χ3v) is 13.5. The first-order chi connectivity index (χ1) is 37.7. The Morgan fingerprint density at radius 3 is 0.921 bits per heavy atom. The first-order valence-electron chi connectivity index (χ1n) is 31.7. The van der Waals surface area contributed by atoms with Crippen LogP contribution in [0.3, 0.4) is 0 Å². The number of aliphatic hydroxyl groups is 2. The number of nitrogens with one attached hydrogen (secondary N) is 1. The fourth-order valence-electron chi connectivity index (χ4n) is 8.71. The lowest BCUT2D eigenvalue weighted by Gasteiger charge is -2.19. The zero-order chi connectivity index (χ0) is 54.8. The molecule has 1 amide bonds. The first-order valence-corrected chi connectivity index (χ1v) is 31.7. The largest absolute Gasteiger partial charge is 0.394 e. The summed E-state index contributed by atoms with van der Waals surface area (Å²) in [6, 6.07) is -0.674. The Hall–Kier alpha value is -3.99. The molecule has 430 valence electrons. The van der Waals surface area contributed by atoms with Crippen molar-refractivity contribution in [3.63, 3.8) is 0 Å². The van der Waals surface area contributed by atoms with Crippen molar-refractivity contribution in [1.82, 2.24) is 5.32 Å². The summed E-state index contributed by atoms with van der Waals surface area (Å²) in [6.07, 6.45) is 104. The van der Waals surface area contributed by atoms with E-state index in [0.717, 1.165) is 122 Å². The lowest BCUT2D eigenvalue weighted by atomic mass is 10.0. The summed E-state index contributed by atoms with van der Waals surface area (Å²) in [4.78, 5) is 12.5. The van der Waals surface area contributed by atoms with Crippen LogP contribution in [0.5, 0.6) is 0 Å². The zero-order valence-electron chi connectivity index (χ0n) is 49.5. The molecule has 0 bridgehead atoms. The number of carbonyl (C=O) groups is 1.